The van der Waals surface area contributed by atoms with E-state index in [1.54, 1.807) is 11.8 Å². The number of likely N-dealkylation sites (tertiary alicyclic amines) is 1. The Hall–Kier alpha value is -1.93. The highest BCUT2D eigenvalue weighted by Gasteiger charge is 2.40. The number of hydrogen-bond acceptors (Lipinski definition) is 6. The first-order valence-electron chi connectivity index (χ1n) is 12.0. The van der Waals surface area contributed by atoms with Gasteiger partial charge in [0.1, 0.15) is 0 Å². The number of aromatic nitrogens is 2. The number of benzene rings is 1. The van der Waals surface area contributed by atoms with Gasteiger partial charge < -0.3 is 9.80 Å². The maximum Gasteiger partial charge on any atom is 0.240 e. The van der Waals surface area contributed by atoms with Crippen molar-refractivity contribution in [1.29, 1.82) is 0 Å². The zero-order valence-electron chi connectivity index (χ0n) is 20.3. The maximum absolute atomic E-state index is 13.7. The minimum Gasteiger partial charge on any atom is -0.340 e. The highest BCUT2D eigenvalue weighted by Crippen LogP contribution is 2.33. The molecule has 4 rings (SSSR count). The normalized spacial score (nSPS) is 22.7. The summed E-state index contributed by atoms with van der Waals surface area (Å²) in [4.78, 5) is 29.5. The van der Waals surface area contributed by atoms with E-state index in [1.165, 1.54) is 0 Å². The van der Waals surface area contributed by atoms with E-state index in [1.807, 2.05) is 56.3 Å². The van der Waals surface area contributed by atoms with Crippen LogP contribution in [0.5, 0.6) is 0 Å². The third-order valence-corrected chi connectivity index (χ3v) is 7.69. The monoisotopic (exact) mass is 499 g/mol. The van der Waals surface area contributed by atoms with Crippen LogP contribution in [-0.4, -0.2) is 88.2 Å². The second-order valence-electron chi connectivity index (χ2n) is 9.34. The predicted molar refractivity (Wildman–Crippen MR) is 140 cm³/mol. The van der Waals surface area contributed by atoms with Crippen LogP contribution in [0.4, 0.5) is 0 Å². The quantitative estimate of drug-likeness (QED) is 0.558. The van der Waals surface area contributed by atoms with Gasteiger partial charge in [-0.3, -0.25) is 9.69 Å². The number of carbonyl (C=O) groups is 1. The molecule has 2 fully saturated rings. The molecule has 182 valence electrons. The van der Waals surface area contributed by atoms with Gasteiger partial charge in [0.25, 0.3) is 0 Å². The molecule has 2 aliphatic rings. The predicted octanol–water partition coefficient (Wildman–Crippen LogP) is 4.07. The molecule has 0 unspecified atom stereocenters. The van der Waals surface area contributed by atoms with E-state index in [9.17, 15) is 4.79 Å². The summed E-state index contributed by atoms with van der Waals surface area (Å²) in [7, 11) is 2.13. The Labute approximate surface area is 212 Å². The zero-order chi connectivity index (χ0) is 24.1. The van der Waals surface area contributed by atoms with Crippen molar-refractivity contribution in [2.75, 3.05) is 46.3 Å². The average Bonchev–Trinajstić information content (AvgIpc) is 3.03. The number of hydrogen-bond donors (Lipinski definition) is 0. The lowest BCUT2D eigenvalue weighted by molar-refractivity contribution is -0.135. The van der Waals surface area contributed by atoms with E-state index in [0.29, 0.717) is 6.54 Å². The first-order valence-corrected chi connectivity index (χ1v) is 13.2. The zero-order valence-corrected chi connectivity index (χ0v) is 21.9. The van der Waals surface area contributed by atoms with Gasteiger partial charge in [0.2, 0.25) is 5.91 Å². The molecule has 2 atom stereocenters. The van der Waals surface area contributed by atoms with Gasteiger partial charge in [0.15, 0.2) is 5.16 Å². The van der Waals surface area contributed by atoms with Crippen molar-refractivity contribution in [2.24, 2.45) is 0 Å². The fourth-order valence-electron chi connectivity index (χ4n) is 4.72. The van der Waals surface area contributed by atoms with E-state index >= 15 is 0 Å². The summed E-state index contributed by atoms with van der Waals surface area (Å²) in [5.41, 5.74) is 3.01. The summed E-state index contributed by atoms with van der Waals surface area (Å²) < 4.78 is 0. The molecule has 2 saturated heterocycles. The van der Waals surface area contributed by atoms with Crippen LogP contribution in [0.3, 0.4) is 0 Å². The summed E-state index contributed by atoms with van der Waals surface area (Å²) in [6.07, 6.45) is 3.79. The third-order valence-electron chi connectivity index (χ3n) is 6.39. The van der Waals surface area contributed by atoms with Crippen molar-refractivity contribution in [2.45, 2.75) is 43.1 Å². The first kappa shape index (κ1) is 25.2. The van der Waals surface area contributed by atoms with E-state index in [-0.39, 0.29) is 17.2 Å². The van der Waals surface area contributed by atoms with Gasteiger partial charge in [-0.1, -0.05) is 53.7 Å². The molecule has 1 amide bonds. The lowest BCUT2D eigenvalue weighted by Crippen LogP contribution is -2.47. The highest BCUT2D eigenvalue weighted by atomic mass is 35.5. The number of aryl methyl sites for hydroxylation is 2. The smallest absolute Gasteiger partial charge is 0.240 e. The fourth-order valence-corrected chi connectivity index (χ4v) is 6.24. The number of carbonyl (C=O) groups excluding carboxylic acids is 1. The molecule has 8 heteroatoms. The van der Waals surface area contributed by atoms with Gasteiger partial charge in [-0.15, -0.1) is 0 Å². The summed E-state index contributed by atoms with van der Waals surface area (Å²) in [6.45, 7) is 8.89. The Kier molecular flexibility index (Phi) is 8.64. The summed E-state index contributed by atoms with van der Waals surface area (Å²) in [5, 5.41) is 1.77. The molecule has 2 aliphatic heterocycles. The van der Waals surface area contributed by atoms with E-state index in [0.717, 1.165) is 72.7 Å². The lowest BCUT2D eigenvalue weighted by Gasteiger charge is -2.29. The number of halogens is 1. The second kappa shape index (κ2) is 11.7. The van der Waals surface area contributed by atoms with Crippen LogP contribution < -0.4 is 0 Å². The molecule has 1 aromatic heterocycles. The fraction of sp³-hybridized carbons (Fsp3) is 0.500. The Balaban J connectivity index is 1.51. The third kappa shape index (κ3) is 6.81. The summed E-state index contributed by atoms with van der Waals surface area (Å²) in [5.74, 6) is 0.226. The molecule has 0 aliphatic carbocycles. The van der Waals surface area contributed by atoms with Gasteiger partial charge in [-0.05, 0) is 58.0 Å². The second-order valence-corrected chi connectivity index (χ2v) is 11.1. The van der Waals surface area contributed by atoms with Crippen molar-refractivity contribution >= 4 is 35.3 Å². The van der Waals surface area contributed by atoms with Gasteiger partial charge in [0.05, 0.1) is 6.04 Å². The van der Waals surface area contributed by atoms with Crippen molar-refractivity contribution in [3.8, 4) is 0 Å². The molecule has 1 aromatic carbocycles. The van der Waals surface area contributed by atoms with Crippen LogP contribution in [0.1, 0.15) is 29.8 Å². The van der Waals surface area contributed by atoms with Gasteiger partial charge in [0, 0.05) is 54.4 Å². The summed E-state index contributed by atoms with van der Waals surface area (Å²) >= 11 is 8.38. The van der Waals surface area contributed by atoms with Crippen LogP contribution >= 0.6 is 23.4 Å². The van der Waals surface area contributed by atoms with E-state index in [4.69, 9.17) is 11.6 Å². The molecule has 0 spiro atoms. The molecule has 0 saturated carbocycles. The van der Waals surface area contributed by atoms with Crippen molar-refractivity contribution in [3.05, 3.63) is 58.4 Å². The average molecular weight is 500 g/mol. The molecule has 34 heavy (non-hydrogen) atoms. The van der Waals surface area contributed by atoms with Crippen LogP contribution in [0.25, 0.3) is 6.08 Å². The van der Waals surface area contributed by atoms with E-state index in [2.05, 4.69) is 31.7 Å². The van der Waals surface area contributed by atoms with Crippen molar-refractivity contribution in [3.63, 3.8) is 0 Å². The highest BCUT2D eigenvalue weighted by molar-refractivity contribution is 7.99. The lowest BCUT2D eigenvalue weighted by atomic mass is 10.1. The minimum absolute atomic E-state index is 0.176. The number of amides is 1. The van der Waals surface area contributed by atoms with Crippen molar-refractivity contribution in [1.82, 2.24) is 24.7 Å². The number of thioether (sulfide) groups is 1. The molecule has 0 radical (unpaired) electrons. The molecular weight excluding hydrogens is 466 g/mol. The molecule has 3 heterocycles. The number of rotatable bonds is 6. The summed E-state index contributed by atoms with van der Waals surface area (Å²) in [6, 6.07) is 11.9. The van der Waals surface area contributed by atoms with Gasteiger partial charge in [-0.25, -0.2) is 9.97 Å². The number of nitrogens with zero attached hydrogens (tertiary/aromatic N) is 5. The maximum atomic E-state index is 13.7. The standard InChI is InChI=1S/C26H34ClN5OS/c1-19-14-20(2)29-26(28-19)34-23-16-24(25(33)31-11-7-10-30(3)12-13-31)32(18-23)17-22(27)15-21-8-5-4-6-9-21/h4-6,8-9,14-15,23-24H,7,10-13,16-18H2,1-3H3/b22-15-/t23-,24+/m1/s1. The first-order chi connectivity index (χ1) is 16.4. The van der Waals surface area contributed by atoms with Crippen molar-refractivity contribution < 1.29 is 4.79 Å². The van der Waals surface area contributed by atoms with Crippen LogP contribution in [0, 0.1) is 13.8 Å². The molecule has 0 bridgehead atoms. The Bertz CT molecular complexity index is 997. The number of likely N-dealkylation sites (N-methyl/N-ethyl adjacent to an activating group) is 1. The largest absolute Gasteiger partial charge is 0.340 e. The van der Waals surface area contributed by atoms with Crippen LogP contribution in [0.2, 0.25) is 0 Å². The minimum atomic E-state index is -0.176. The Morgan fingerprint density at radius 2 is 1.85 bits per heavy atom. The SMILES string of the molecule is Cc1cc(C)nc(S[C@@H]2C[C@@H](C(=O)N3CCCN(C)CC3)N(C/C(Cl)=C/c3ccccc3)C2)n1. The van der Waals surface area contributed by atoms with Gasteiger partial charge >= 0.3 is 0 Å². The molecular formula is C26H34ClN5OS. The topological polar surface area (TPSA) is 52.6 Å². The molecule has 0 N–H and O–H groups in total. The van der Waals surface area contributed by atoms with E-state index < -0.39 is 0 Å². The molecule has 6 nitrogen and oxygen atoms in total. The Morgan fingerprint density at radius 3 is 2.59 bits per heavy atom. The van der Waals surface area contributed by atoms with Crippen LogP contribution in [-0.2, 0) is 4.79 Å². The van der Waals surface area contributed by atoms with Gasteiger partial charge in [-0.2, -0.15) is 0 Å². The Morgan fingerprint density at radius 1 is 1.12 bits per heavy atom. The van der Waals surface area contributed by atoms with Crippen LogP contribution in [0.15, 0.2) is 46.6 Å². The molecule has 2 aromatic rings.